The van der Waals surface area contributed by atoms with Crippen LogP contribution >= 0.6 is 47.8 Å². The lowest BCUT2D eigenvalue weighted by Gasteiger charge is -2.10. The van der Waals surface area contributed by atoms with Crippen LogP contribution in [0.4, 0.5) is 0 Å². The molecule has 1 aromatic rings. The summed E-state index contributed by atoms with van der Waals surface area (Å²) in [6, 6.07) is 5.48. The average molecular weight is 444 g/mol. The number of ether oxygens (including phenoxy) is 1. The van der Waals surface area contributed by atoms with E-state index in [1.165, 1.54) is 0 Å². The Morgan fingerprint density at radius 2 is 1.94 bits per heavy atom. The maximum Gasteiger partial charge on any atom is 0.251 e. The van der Waals surface area contributed by atoms with Gasteiger partial charge in [-0.25, -0.2) is 0 Å². The Morgan fingerprint density at radius 1 is 1.33 bits per heavy atom. The third-order valence-electron chi connectivity index (χ3n) is 2.22. The summed E-state index contributed by atoms with van der Waals surface area (Å²) in [5.74, 6) is -0.0749. The molecule has 18 heavy (non-hydrogen) atoms. The summed E-state index contributed by atoms with van der Waals surface area (Å²) < 4.78 is 6.75. The molecule has 0 aliphatic rings. The molecule has 1 rings (SSSR count). The first kappa shape index (κ1) is 16.1. The lowest BCUT2D eigenvalue weighted by Crippen LogP contribution is -2.26. The Bertz CT molecular complexity index is 392. The predicted octanol–water partition coefficient (Wildman–Crippen LogP) is 3.74. The van der Waals surface area contributed by atoms with Crippen molar-refractivity contribution in [2.24, 2.45) is 0 Å². The number of hydrogen-bond acceptors (Lipinski definition) is 2. The van der Waals surface area contributed by atoms with Crippen LogP contribution in [0.25, 0.3) is 0 Å². The van der Waals surface area contributed by atoms with E-state index in [9.17, 15) is 4.79 Å². The topological polar surface area (TPSA) is 38.3 Å². The van der Waals surface area contributed by atoms with Crippen LogP contribution in [0, 0.1) is 0 Å². The van der Waals surface area contributed by atoms with Gasteiger partial charge in [-0.2, -0.15) is 0 Å². The summed E-state index contributed by atoms with van der Waals surface area (Å²) in [7, 11) is 1.66. The van der Waals surface area contributed by atoms with Crippen molar-refractivity contribution in [1.82, 2.24) is 5.32 Å². The molecular weight excluding hydrogens is 430 g/mol. The molecular formula is C12H14Br3NO2. The fourth-order valence-electron chi connectivity index (χ4n) is 1.39. The van der Waals surface area contributed by atoms with Gasteiger partial charge in [0.15, 0.2) is 0 Å². The minimum Gasteiger partial charge on any atom is -0.384 e. The SMILES string of the molecule is COCC(Br)CCNC(=O)c1cc(Br)cc(Br)c1. The molecule has 1 atom stereocenters. The molecule has 0 saturated heterocycles. The first-order valence-corrected chi connectivity index (χ1v) is 7.90. The van der Waals surface area contributed by atoms with Gasteiger partial charge >= 0.3 is 0 Å². The van der Waals surface area contributed by atoms with Crippen LogP contribution in [0.3, 0.4) is 0 Å². The van der Waals surface area contributed by atoms with E-state index in [2.05, 4.69) is 53.1 Å². The van der Waals surface area contributed by atoms with Gasteiger partial charge in [0.25, 0.3) is 5.91 Å². The van der Waals surface area contributed by atoms with Gasteiger partial charge in [-0.1, -0.05) is 47.8 Å². The first-order chi connectivity index (χ1) is 8.52. The summed E-state index contributed by atoms with van der Waals surface area (Å²) >= 11 is 10.2. The molecule has 0 aromatic heterocycles. The van der Waals surface area contributed by atoms with Gasteiger partial charge in [0.1, 0.15) is 0 Å². The number of benzene rings is 1. The zero-order valence-electron chi connectivity index (χ0n) is 9.88. The fourth-order valence-corrected chi connectivity index (χ4v) is 3.18. The fraction of sp³-hybridized carbons (Fsp3) is 0.417. The highest BCUT2D eigenvalue weighted by Crippen LogP contribution is 2.20. The summed E-state index contributed by atoms with van der Waals surface area (Å²) in [5.41, 5.74) is 0.633. The van der Waals surface area contributed by atoms with Gasteiger partial charge in [-0.05, 0) is 24.6 Å². The van der Waals surface area contributed by atoms with E-state index in [1.54, 1.807) is 19.2 Å². The van der Waals surface area contributed by atoms with E-state index in [0.29, 0.717) is 18.7 Å². The third kappa shape index (κ3) is 5.82. The molecule has 0 aliphatic heterocycles. The Labute approximate surface area is 132 Å². The maximum absolute atomic E-state index is 11.9. The van der Waals surface area contributed by atoms with Gasteiger partial charge in [0, 0.05) is 33.0 Å². The van der Waals surface area contributed by atoms with E-state index in [0.717, 1.165) is 15.4 Å². The van der Waals surface area contributed by atoms with E-state index in [-0.39, 0.29) is 10.7 Å². The normalized spacial score (nSPS) is 12.2. The second kappa shape index (κ2) is 8.30. The molecule has 1 unspecified atom stereocenters. The van der Waals surface area contributed by atoms with E-state index < -0.39 is 0 Å². The number of rotatable bonds is 6. The summed E-state index contributed by atoms with van der Waals surface area (Å²) in [6.07, 6.45) is 0.828. The molecule has 6 heteroatoms. The molecule has 0 bridgehead atoms. The van der Waals surface area contributed by atoms with Gasteiger partial charge in [0.2, 0.25) is 0 Å². The molecule has 1 N–H and O–H groups in total. The lowest BCUT2D eigenvalue weighted by molar-refractivity contribution is 0.0952. The van der Waals surface area contributed by atoms with Gasteiger partial charge in [-0.3, -0.25) is 4.79 Å². The second-order valence-electron chi connectivity index (χ2n) is 3.76. The van der Waals surface area contributed by atoms with Crippen LogP contribution in [0.2, 0.25) is 0 Å². The zero-order valence-corrected chi connectivity index (χ0v) is 14.6. The Morgan fingerprint density at radius 3 is 2.50 bits per heavy atom. The lowest BCUT2D eigenvalue weighted by atomic mass is 10.2. The minimum absolute atomic E-state index is 0.0749. The highest BCUT2D eigenvalue weighted by atomic mass is 79.9. The average Bonchev–Trinajstić information content (AvgIpc) is 2.27. The van der Waals surface area contributed by atoms with Crippen molar-refractivity contribution in [2.45, 2.75) is 11.2 Å². The molecule has 0 aliphatic carbocycles. The Hall–Kier alpha value is 0.0900. The smallest absolute Gasteiger partial charge is 0.251 e. The molecule has 0 saturated carbocycles. The van der Waals surface area contributed by atoms with Gasteiger partial charge in [-0.15, -0.1) is 0 Å². The number of nitrogens with one attached hydrogen (secondary N) is 1. The van der Waals surface area contributed by atoms with Crippen molar-refractivity contribution in [3.63, 3.8) is 0 Å². The van der Waals surface area contributed by atoms with Crippen molar-refractivity contribution in [1.29, 1.82) is 0 Å². The van der Waals surface area contributed by atoms with Crippen molar-refractivity contribution in [2.75, 3.05) is 20.3 Å². The van der Waals surface area contributed by atoms with E-state index in [4.69, 9.17) is 4.74 Å². The molecule has 1 aromatic carbocycles. The Kier molecular flexibility index (Phi) is 7.44. The molecule has 0 fully saturated rings. The highest BCUT2D eigenvalue weighted by molar-refractivity contribution is 9.11. The number of carbonyl (C=O) groups is 1. The standard InChI is InChI=1S/C12H14Br3NO2/c1-18-7-9(13)2-3-16-12(17)8-4-10(14)6-11(15)5-8/h4-6,9H,2-3,7H2,1H3,(H,16,17). The largest absolute Gasteiger partial charge is 0.384 e. The number of hydrogen-bond donors (Lipinski definition) is 1. The van der Waals surface area contributed by atoms with Crippen molar-refractivity contribution >= 4 is 53.7 Å². The monoisotopic (exact) mass is 441 g/mol. The van der Waals surface area contributed by atoms with Crippen molar-refractivity contribution in [3.8, 4) is 0 Å². The highest BCUT2D eigenvalue weighted by Gasteiger charge is 2.08. The number of carbonyl (C=O) groups excluding carboxylic acids is 1. The molecule has 0 spiro atoms. The van der Waals surface area contributed by atoms with Crippen molar-refractivity contribution in [3.05, 3.63) is 32.7 Å². The van der Waals surface area contributed by atoms with Crippen LogP contribution in [0.1, 0.15) is 16.8 Å². The number of methoxy groups -OCH3 is 1. The third-order valence-corrected chi connectivity index (χ3v) is 3.85. The number of amides is 1. The van der Waals surface area contributed by atoms with Crippen LogP contribution < -0.4 is 5.32 Å². The number of alkyl halides is 1. The number of halogens is 3. The molecule has 0 heterocycles. The first-order valence-electron chi connectivity index (χ1n) is 5.40. The van der Waals surface area contributed by atoms with Gasteiger partial charge < -0.3 is 10.1 Å². The van der Waals surface area contributed by atoms with Crippen LogP contribution in [-0.4, -0.2) is 31.0 Å². The van der Waals surface area contributed by atoms with Crippen molar-refractivity contribution < 1.29 is 9.53 Å². The van der Waals surface area contributed by atoms with Gasteiger partial charge in [0.05, 0.1) is 6.61 Å². The summed E-state index contributed by atoms with van der Waals surface area (Å²) in [4.78, 5) is 12.2. The second-order valence-corrected chi connectivity index (χ2v) is 6.88. The summed E-state index contributed by atoms with van der Waals surface area (Å²) in [6.45, 7) is 1.25. The molecule has 3 nitrogen and oxygen atoms in total. The molecule has 0 radical (unpaired) electrons. The predicted molar refractivity (Wildman–Crippen MR) is 83.4 cm³/mol. The summed E-state index contributed by atoms with van der Waals surface area (Å²) in [5, 5.41) is 2.88. The van der Waals surface area contributed by atoms with E-state index >= 15 is 0 Å². The quantitative estimate of drug-likeness (QED) is 0.680. The van der Waals surface area contributed by atoms with E-state index in [1.807, 2.05) is 6.07 Å². The van der Waals surface area contributed by atoms with Crippen LogP contribution in [0.15, 0.2) is 27.1 Å². The maximum atomic E-state index is 11.9. The molecule has 100 valence electrons. The molecule has 1 amide bonds. The zero-order chi connectivity index (χ0) is 13.5. The minimum atomic E-state index is -0.0749. The van der Waals surface area contributed by atoms with Crippen LogP contribution in [0.5, 0.6) is 0 Å². The Balaban J connectivity index is 2.45. The van der Waals surface area contributed by atoms with Crippen LogP contribution in [-0.2, 0) is 4.74 Å².